The predicted molar refractivity (Wildman–Crippen MR) is 201 cm³/mol. The lowest BCUT2D eigenvalue weighted by Crippen LogP contribution is -2.57. The molecule has 1 aromatic rings. The van der Waals surface area contributed by atoms with Crippen LogP contribution in [0, 0.1) is 17.8 Å². The molecule has 0 saturated heterocycles. The SMILES string of the molecule is CC#CCOc1ccc(C[C@H](NC(=O)[C@@H](/C=C/CCCCCCC(=O)CCCCCCC)[C@@](O)(CCOC(C)=O)C(=O)OC(C)(C)C)C(N)=O)cc1. The molecule has 11 heteroatoms. The molecule has 1 aromatic carbocycles. The van der Waals surface area contributed by atoms with Gasteiger partial charge in [0.2, 0.25) is 11.8 Å². The number of primary amides is 1. The third-order valence-corrected chi connectivity index (χ3v) is 8.31. The third-order valence-electron chi connectivity index (χ3n) is 8.31. The van der Waals surface area contributed by atoms with E-state index in [1.807, 2.05) is 0 Å². The van der Waals surface area contributed by atoms with Crippen LogP contribution in [-0.2, 0) is 39.9 Å². The number of aliphatic hydroxyl groups is 1. The van der Waals surface area contributed by atoms with E-state index in [4.69, 9.17) is 19.9 Å². The lowest BCUT2D eigenvalue weighted by atomic mass is 9.82. The van der Waals surface area contributed by atoms with E-state index in [1.54, 1.807) is 58.0 Å². The molecule has 11 nitrogen and oxygen atoms in total. The second-order valence-corrected chi connectivity index (χ2v) is 14.1. The monoisotopic (exact) mass is 726 g/mol. The summed E-state index contributed by atoms with van der Waals surface area (Å²) in [5, 5.41) is 14.6. The van der Waals surface area contributed by atoms with Crippen LogP contribution in [0.4, 0.5) is 0 Å². The predicted octanol–water partition coefficient (Wildman–Crippen LogP) is 6.07. The van der Waals surface area contributed by atoms with Gasteiger partial charge in [-0.25, -0.2) is 4.79 Å². The first-order valence-electron chi connectivity index (χ1n) is 18.6. The second kappa shape index (κ2) is 24.9. The summed E-state index contributed by atoms with van der Waals surface area (Å²) < 4.78 is 16.1. The molecule has 0 bridgehead atoms. The minimum absolute atomic E-state index is 0.0340. The van der Waals surface area contributed by atoms with Gasteiger partial charge in [-0.3, -0.25) is 19.2 Å². The first-order valence-corrected chi connectivity index (χ1v) is 18.6. The van der Waals surface area contributed by atoms with Gasteiger partial charge < -0.3 is 30.4 Å². The fourth-order valence-electron chi connectivity index (χ4n) is 5.42. The normalized spacial score (nSPS) is 13.6. The molecule has 0 fully saturated rings. The number of carbonyl (C=O) groups excluding carboxylic acids is 5. The van der Waals surface area contributed by atoms with Gasteiger partial charge in [0.15, 0.2) is 5.60 Å². The quantitative estimate of drug-likeness (QED) is 0.0444. The maximum Gasteiger partial charge on any atom is 0.339 e. The van der Waals surface area contributed by atoms with Crippen LogP contribution in [0.1, 0.15) is 131 Å². The molecule has 0 saturated carbocycles. The van der Waals surface area contributed by atoms with Crippen LogP contribution in [0.2, 0.25) is 0 Å². The molecule has 4 N–H and O–H groups in total. The molecule has 290 valence electrons. The third kappa shape index (κ3) is 19.4. The number of rotatable bonds is 26. The van der Waals surface area contributed by atoms with Gasteiger partial charge in [-0.05, 0) is 71.1 Å². The number of allylic oxidation sites excluding steroid dienone is 1. The number of ketones is 1. The van der Waals surface area contributed by atoms with Crippen LogP contribution in [0.3, 0.4) is 0 Å². The van der Waals surface area contributed by atoms with Crippen molar-refractivity contribution < 1.29 is 43.3 Å². The van der Waals surface area contributed by atoms with E-state index in [1.165, 1.54) is 32.3 Å². The van der Waals surface area contributed by atoms with Crippen molar-refractivity contribution in [2.75, 3.05) is 13.2 Å². The summed E-state index contributed by atoms with van der Waals surface area (Å²) in [6.45, 7) is 9.81. The van der Waals surface area contributed by atoms with Crippen molar-refractivity contribution in [3.63, 3.8) is 0 Å². The zero-order valence-corrected chi connectivity index (χ0v) is 32.2. The maximum absolute atomic E-state index is 13.9. The number of amides is 2. The molecular weight excluding hydrogens is 664 g/mol. The van der Waals surface area contributed by atoms with Crippen molar-refractivity contribution in [2.45, 2.75) is 149 Å². The van der Waals surface area contributed by atoms with Crippen molar-refractivity contribution in [3.8, 4) is 17.6 Å². The Bertz CT molecular complexity index is 1350. The molecule has 3 atom stereocenters. The number of hydrogen-bond donors (Lipinski definition) is 3. The van der Waals surface area contributed by atoms with Crippen LogP contribution in [0.5, 0.6) is 5.75 Å². The number of Topliss-reactive ketones (excluding diaryl/α,β-unsaturated/α-hetero) is 1. The van der Waals surface area contributed by atoms with E-state index in [0.29, 0.717) is 36.4 Å². The van der Waals surface area contributed by atoms with Crippen LogP contribution < -0.4 is 15.8 Å². The molecular formula is C41H62N2O9. The minimum Gasteiger partial charge on any atom is -0.481 e. The van der Waals surface area contributed by atoms with E-state index in [-0.39, 0.29) is 19.6 Å². The fraction of sp³-hybridized carbons (Fsp3) is 0.634. The highest BCUT2D eigenvalue weighted by atomic mass is 16.6. The number of nitrogens with two attached hydrogens (primary N) is 1. The molecule has 0 heterocycles. The second-order valence-electron chi connectivity index (χ2n) is 14.1. The van der Waals surface area contributed by atoms with Gasteiger partial charge in [0.25, 0.3) is 0 Å². The molecule has 2 amide bonds. The summed E-state index contributed by atoms with van der Waals surface area (Å²) in [5.74, 6) is 1.57. The molecule has 0 spiro atoms. The smallest absolute Gasteiger partial charge is 0.339 e. The van der Waals surface area contributed by atoms with Gasteiger partial charge >= 0.3 is 11.9 Å². The Kier molecular flexibility index (Phi) is 22.0. The Hall–Kier alpha value is -4.17. The van der Waals surface area contributed by atoms with E-state index in [2.05, 4.69) is 24.1 Å². The molecule has 0 aliphatic rings. The minimum atomic E-state index is -2.46. The van der Waals surface area contributed by atoms with E-state index >= 15 is 0 Å². The highest BCUT2D eigenvalue weighted by Crippen LogP contribution is 2.29. The number of hydrogen-bond acceptors (Lipinski definition) is 9. The number of benzene rings is 1. The average Bonchev–Trinajstić information content (AvgIpc) is 3.06. The Labute approximate surface area is 310 Å². The maximum atomic E-state index is 13.9. The van der Waals surface area contributed by atoms with Gasteiger partial charge in [-0.1, -0.05) is 75.7 Å². The number of unbranched alkanes of at least 4 members (excludes halogenated alkanes) is 8. The zero-order chi connectivity index (χ0) is 39.0. The fourth-order valence-corrected chi connectivity index (χ4v) is 5.42. The van der Waals surface area contributed by atoms with Gasteiger partial charge in [-0.2, -0.15) is 0 Å². The molecule has 0 unspecified atom stereocenters. The van der Waals surface area contributed by atoms with Crippen LogP contribution in [-0.4, -0.2) is 65.1 Å². The van der Waals surface area contributed by atoms with Crippen molar-refractivity contribution >= 4 is 29.5 Å². The molecule has 0 radical (unpaired) electrons. The van der Waals surface area contributed by atoms with E-state index in [9.17, 15) is 29.1 Å². The summed E-state index contributed by atoms with van der Waals surface area (Å²) in [7, 11) is 0. The van der Waals surface area contributed by atoms with Crippen LogP contribution in [0.25, 0.3) is 0 Å². The largest absolute Gasteiger partial charge is 0.481 e. The van der Waals surface area contributed by atoms with Crippen LogP contribution >= 0.6 is 0 Å². The van der Waals surface area contributed by atoms with Gasteiger partial charge in [-0.15, -0.1) is 5.92 Å². The van der Waals surface area contributed by atoms with E-state index in [0.717, 1.165) is 38.5 Å². The number of carbonyl (C=O) groups is 5. The highest BCUT2D eigenvalue weighted by Gasteiger charge is 2.49. The van der Waals surface area contributed by atoms with Gasteiger partial charge in [0, 0.05) is 32.6 Å². The summed E-state index contributed by atoms with van der Waals surface area (Å²) >= 11 is 0. The molecule has 0 aliphatic heterocycles. The standard InChI is InChI=1S/C41H62N2O9/c1-7-9-11-14-17-20-33(45)21-18-15-12-13-16-19-22-35(41(49,27-29-50-31(3)44)39(48)52-40(4,5)6)38(47)43-36(37(42)46)30-32-23-25-34(26-24-32)51-28-10-8-2/h19,22-26,35-36,49H,7,9,11-18,20-21,27-30H2,1-6H3,(H2,42,46)(H,43,47)/b22-19+/t35-,36+,41+/m1/s1. The topological polar surface area (TPSA) is 171 Å². The Morgan fingerprint density at radius 3 is 2.12 bits per heavy atom. The Morgan fingerprint density at radius 2 is 1.56 bits per heavy atom. The highest BCUT2D eigenvalue weighted by molar-refractivity contribution is 5.94. The Morgan fingerprint density at radius 1 is 0.942 bits per heavy atom. The van der Waals surface area contributed by atoms with Gasteiger partial charge in [0.05, 0.1) is 12.5 Å². The number of nitrogens with one attached hydrogen (secondary N) is 1. The van der Waals surface area contributed by atoms with Crippen LogP contribution in [0.15, 0.2) is 36.4 Å². The van der Waals surface area contributed by atoms with Crippen molar-refractivity contribution in [1.82, 2.24) is 5.32 Å². The molecule has 1 rings (SSSR count). The van der Waals surface area contributed by atoms with Crippen molar-refractivity contribution in [3.05, 3.63) is 42.0 Å². The number of ether oxygens (including phenoxy) is 3. The Balaban J connectivity index is 3.11. The first kappa shape index (κ1) is 45.9. The number of esters is 2. The van der Waals surface area contributed by atoms with Gasteiger partial charge in [0.1, 0.15) is 29.8 Å². The zero-order valence-electron chi connectivity index (χ0n) is 32.2. The van der Waals surface area contributed by atoms with Crippen molar-refractivity contribution in [2.24, 2.45) is 11.7 Å². The molecule has 52 heavy (non-hydrogen) atoms. The summed E-state index contributed by atoms with van der Waals surface area (Å²) in [6.07, 6.45) is 13.4. The first-order chi connectivity index (χ1) is 24.6. The lowest BCUT2D eigenvalue weighted by molar-refractivity contribution is -0.186. The lowest BCUT2D eigenvalue weighted by Gasteiger charge is -2.34. The van der Waals surface area contributed by atoms with Crippen molar-refractivity contribution in [1.29, 1.82) is 0 Å². The summed E-state index contributed by atoms with van der Waals surface area (Å²) in [5.41, 5.74) is 2.91. The van der Waals surface area contributed by atoms with E-state index < -0.39 is 53.3 Å². The average molecular weight is 727 g/mol. The molecule has 0 aliphatic carbocycles. The molecule has 0 aromatic heterocycles. The summed E-state index contributed by atoms with van der Waals surface area (Å²) in [4.78, 5) is 63.8. The summed E-state index contributed by atoms with van der Waals surface area (Å²) in [6, 6.07) is 5.70.